The molecule has 0 aliphatic heterocycles. The maximum atomic E-state index is 11.9. The molecule has 0 fully saturated rings. The Hall–Kier alpha value is -3.32. The van der Waals surface area contributed by atoms with Crippen LogP contribution in [-0.2, 0) is 4.79 Å². The average Bonchev–Trinajstić information content (AvgIpc) is 2.46. The van der Waals surface area contributed by atoms with Crippen LogP contribution in [0.2, 0.25) is 0 Å². The van der Waals surface area contributed by atoms with Gasteiger partial charge in [-0.2, -0.15) is 10.5 Å². The van der Waals surface area contributed by atoms with E-state index in [0.29, 0.717) is 5.69 Å². The lowest BCUT2D eigenvalue weighted by atomic mass is 10.1. The van der Waals surface area contributed by atoms with E-state index in [9.17, 15) is 9.59 Å². The normalized spacial score (nSPS) is 9.05. The van der Waals surface area contributed by atoms with Gasteiger partial charge in [0.05, 0.1) is 11.1 Å². The van der Waals surface area contributed by atoms with Crippen molar-refractivity contribution in [3.05, 3.63) is 42.0 Å². The second-order valence-electron chi connectivity index (χ2n) is 3.98. The van der Waals surface area contributed by atoms with E-state index in [1.165, 1.54) is 24.3 Å². The molecule has 7 nitrogen and oxygen atoms in total. The Balaban J connectivity index is 2.91. The third-order valence-electron chi connectivity index (χ3n) is 2.47. The molecular formula is C14H12N4O3. The molecule has 0 aromatic heterocycles. The topological polar surface area (TPSA) is 117 Å². The average molecular weight is 284 g/mol. The summed E-state index contributed by atoms with van der Waals surface area (Å²) in [4.78, 5) is 23.7. The Morgan fingerprint density at radius 1 is 1.33 bits per heavy atom. The fourth-order valence-corrected chi connectivity index (χ4v) is 1.55. The maximum absolute atomic E-state index is 11.9. The number of urea groups is 1. The zero-order valence-electron chi connectivity index (χ0n) is 11.0. The van der Waals surface area contributed by atoms with Crippen molar-refractivity contribution >= 4 is 17.7 Å². The molecule has 0 aliphatic rings. The van der Waals surface area contributed by atoms with Gasteiger partial charge in [0.15, 0.2) is 0 Å². The lowest BCUT2D eigenvalue weighted by molar-refractivity contribution is -0.137. The van der Waals surface area contributed by atoms with E-state index in [1.807, 2.05) is 12.1 Å². The highest BCUT2D eigenvalue weighted by molar-refractivity contribution is 5.91. The first-order chi connectivity index (χ1) is 10.0. The number of nitrogens with one attached hydrogen (secondary N) is 1. The number of rotatable bonds is 5. The van der Waals surface area contributed by atoms with Crippen molar-refractivity contribution in [1.29, 1.82) is 10.5 Å². The van der Waals surface area contributed by atoms with Crippen molar-refractivity contribution < 1.29 is 14.7 Å². The number of carbonyl (C=O) groups excluding carboxylic acids is 1. The van der Waals surface area contributed by atoms with Gasteiger partial charge in [-0.1, -0.05) is 6.08 Å². The zero-order chi connectivity index (χ0) is 15.8. The van der Waals surface area contributed by atoms with Crippen LogP contribution in [0.15, 0.2) is 30.9 Å². The van der Waals surface area contributed by atoms with Crippen molar-refractivity contribution in [3.8, 4) is 12.1 Å². The van der Waals surface area contributed by atoms with Gasteiger partial charge in [-0.25, -0.2) is 4.79 Å². The number of hydrogen-bond donors (Lipinski definition) is 2. The van der Waals surface area contributed by atoms with Crippen molar-refractivity contribution in [2.45, 2.75) is 0 Å². The monoisotopic (exact) mass is 284 g/mol. The third-order valence-corrected chi connectivity index (χ3v) is 2.47. The summed E-state index contributed by atoms with van der Waals surface area (Å²) in [6.45, 7) is 3.05. The predicted octanol–water partition coefficient (Wildman–Crippen LogP) is 1.53. The number of amides is 2. The molecular weight excluding hydrogens is 272 g/mol. The zero-order valence-corrected chi connectivity index (χ0v) is 11.0. The number of benzene rings is 1. The van der Waals surface area contributed by atoms with Gasteiger partial charge < -0.3 is 15.3 Å². The fourth-order valence-electron chi connectivity index (χ4n) is 1.55. The van der Waals surface area contributed by atoms with Crippen LogP contribution in [0, 0.1) is 22.7 Å². The molecule has 7 heteroatoms. The molecule has 21 heavy (non-hydrogen) atoms. The first-order valence-electron chi connectivity index (χ1n) is 5.84. The van der Waals surface area contributed by atoms with Crippen LogP contribution in [0.1, 0.15) is 11.1 Å². The number of carboxylic acid groups (broad SMARTS) is 1. The van der Waals surface area contributed by atoms with E-state index in [2.05, 4.69) is 11.9 Å². The van der Waals surface area contributed by atoms with E-state index in [-0.39, 0.29) is 17.7 Å². The molecule has 1 aromatic carbocycles. The molecule has 0 heterocycles. The maximum Gasteiger partial charge on any atom is 0.323 e. The van der Waals surface area contributed by atoms with Gasteiger partial charge in [0.1, 0.15) is 18.7 Å². The Morgan fingerprint density at radius 2 is 2.00 bits per heavy atom. The van der Waals surface area contributed by atoms with Gasteiger partial charge in [0.25, 0.3) is 0 Å². The molecule has 0 radical (unpaired) electrons. The Labute approximate surface area is 121 Å². The number of nitriles is 2. The first kappa shape index (κ1) is 15.7. The van der Waals surface area contributed by atoms with Crippen LogP contribution in [0.3, 0.4) is 0 Å². The molecule has 1 rings (SSSR count). The minimum atomic E-state index is -1.15. The molecule has 106 valence electrons. The third kappa shape index (κ3) is 4.37. The Morgan fingerprint density at radius 3 is 2.52 bits per heavy atom. The van der Waals surface area contributed by atoms with Crippen LogP contribution >= 0.6 is 0 Å². The van der Waals surface area contributed by atoms with Crippen molar-refractivity contribution in [2.24, 2.45) is 0 Å². The lowest BCUT2D eigenvalue weighted by Gasteiger charge is -2.19. The highest BCUT2D eigenvalue weighted by Crippen LogP contribution is 2.15. The Bertz CT molecular complexity index is 655. The summed E-state index contributed by atoms with van der Waals surface area (Å²) in [5, 5.41) is 28.9. The van der Waals surface area contributed by atoms with E-state index < -0.39 is 18.5 Å². The number of hydrogen-bond acceptors (Lipinski definition) is 4. The number of aliphatic carboxylic acids is 1. The second-order valence-corrected chi connectivity index (χ2v) is 3.98. The number of anilines is 1. The molecule has 0 bridgehead atoms. The fraction of sp³-hybridized carbons (Fsp3) is 0.143. The van der Waals surface area contributed by atoms with Crippen molar-refractivity contribution in [2.75, 3.05) is 18.4 Å². The van der Waals surface area contributed by atoms with Gasteiger partial charge in [-0.15, -0.1) is 6.58 Å². The summed E-state index contributed by atoms with van der Waals surface area (Å²) in [6.07, 6.45) is 1.40. The smallest absolute Gasteiger partial charge is 0.323 e. The van der Waals surface area contributed by atoms with Crippen molar-refractivity contribution in [1.82, 2.24) is 4.90 Å². The summed E-state index contributed by atoms with van der Waals surface area (Å²) in [7, 11) is 0. The van der Waals surface area contributed by atoms with Gasteiger partial charge in [0, 0.05) is 12.2 Å². The van der Waals surface area contributed by atoms with E-state index >= 15 is 0 Å². The minimum absolute atomic E-state index is 0.0690. The number of nitrogens with zero attached hydrogens (tertiary/aromatic N) is 3. The highest BCUT2D eigenvalue weighted by atomic mass is 16.4. The Kier molecular flexibility index (Phi) is 5.48. The van der Waals surface area contributed by atoms with Crippen LogP contribution in [-0.4, -0.2) is 35.1 Å². The van der Waals surface area contributed by atoms with Gasteiger partial charge >= 0.3 is 12.0 Å². The molecule has 0 saturated heterocycles. The van der Waals surface area contributed by atoms with Gasteiger partial charge in [-0.3, -0.25) is 4.79 Å². The largest absolute Gasteiger partial charge is 0.480 e. The SMILES string of the molecule is C=CCN(CC(=O)O)C(=O)Nc1ccc(C#N)c(C#N)c1. The molecule has 0 unspecified atom stereocenters. The molecule has 2 amide bonds. The van der Waals surface area contributed by atoms with Crippen LogP contribution in [0.25, 0.3) is 0 Å². The van der Waals surface area contributed by atoms with E-state index in [1.54, 1.807) is 0 Å². The lowest BCUT2D eigenvalue weighted by Crippen LogP contribution is -2.38. The van der Waals surface area contributed by atoms with Crippen LogP contribution < -0.4 is 5.32 Å². The van der Waals surface area contributed by atoms with Crippen LogP contribution in [0.4, 0.5) is 10.5 Å². The number of carbonyl (C=O) groups is 2. The second kappa shape index (κ2) is 7.31. The quantitative estimate of drug-likeness (QED) is 0.795. The molecule has 0 aliphatic carbocycles. The molecule has 0 spiro atoms. The summed E-state index contributed by atoms with van der Waals surface area (Å²) in [5.41, 5.74) is 0.628. The first-order valence-corrected chi connectivity index (χ1v) is 5.84. The van der Waals surface area contributed by atoms with Gasteiger partial charge in [0.2, 0.25) is 0 Å². The molecule has 1 aromatic rings. The summed E-state index contributed by atoms with van der Waals surface area (Å²) in [6, 6.07) is 7.29. The minimum Gasteiger partial charge on any atom is -0.480 e. The highest BCUT2D eigenvalue weighted by Gasteiger charge is 2.16. The van der Waals surface area contributed by atoms with E-state index in [0.717, 1.165) is 4.90 Å². The molecule has 2 N–H and O–H groups in total. The number of carboxylic acids is 1. The van der Waals surface area contributed by atoms with E-state index in [4.69, 9.17) is 15.6 Å². The predicted molar refractivity (Wildman–Crippen MR) is 74.3 cm³/mol. The van der Waals surface area contributed by atoms with Crippen LogP contribution in [0.5, 0.6) is 0 Å². The molecule has 0 saturated carbocycles. The standard InChI is InChI=1S/C14H12N4O3/c1-2-5-18(9-13(19)20)14(21)17-12-4-3-10(7-15)11(6-12)8-16/h2-4,6H,1,5,9H2,(H,17,21)(H,19,20). The summed E-state index contributed by atoms with van der Waals surface area (Å²) < 4.78 is 0. The molecule has 0 atom stereocenters. The van der Waals surface area contributed by atoms with Crippen molar-refractivity contribution in [3.63, 3.8) is 0 Å². The van der Waals surface area contributed by atoms with Gasteiger partial charge in [-0.05, 0) is 18.2 Å². The summed E-state index contributed by atoms with van der Waals surface area (Å²) >= 11 is 0. The summed E-state index contributed by atoms with van der Waals surface area (Å²) in [5.74, 6) is -1.15.